The largest absolute Gasteiger partial charge is 0.393 e. The smallest absolute Gasteiger partial charge is 0.321 e. The number of aliphatic hydroxyl groups excluding tert-OH is 1. The molecular weight excluding hydrogens is 286 g/mol. The highest BCUT2D eigenvalue weighted by molar-refractivity contribution is 5.91. The second kappa shape index (κ2) is 6.31. The zero-order valence-electron chi connectivity index (χ0n) is 13.0. The molecule has 0 unspecified atom stereocenters. The lowest BCUT2D eigenvalue weighted by atomic mass is 10.0. The molecule has 1 aromatic rings. The van der Waals surface area contributed by atoms with Crippen LogP contribution in [-0.4, -0.2) is 40.2 Å². The van der Waals surface area contributed by atoms with E-state index in [0.717, 1.165) is 12.0 Å². The molecule has 120 valence electrons. The molecule has 0 aromatic heterocycles. The normalized spacial score (nSPS) is 19.1. The zero-order valence-corrected chi connectivity index (χ0v) is 13.0. The second-order valence-corrected chi connectivity index (χ2v) is 5.88. The summed E-state index contributed by atoms with van der Waals surface area (Å²) < 4.78 is 0. The third kappa shape index (κ3) is 3.36. The molecule has 7 nitrogen and oxygen atoms in total. The molecule has 0 aliphatic carbocycles. The summed E-state index contributed by atoms with van der Waals surface area (Å²) in [5, 5.41) is 23.3. The van der Waals surface area contributed by atoms with Gasteiger partial charge in [0.25, 0.3) is 5.69 Å². The molecule has 2 atom stereocenters. The van der Waals surface area contributed by atoms with Gasteiger partial charge >= 0.3 is 6.03 Å². The van der Waals surface area contributed by atoms with Gasteiger partial charge in [0, 0.05) is 30.6 Å². The Balaban J connectivity index is 2.12. The molecule has 7 heteroatoms. The van der Waals surface area contributed by atoms with Crippen LogP contribution in [0.3, 0.4) is 0 Å². The van der Waals surface area contributed by atoms with E-state index in [1.165, 1.54) is 6.07 Å². The first-order valence-corrected chi connectivity index (χ1v) is 7.29. The van der Waals surface area contributed by atoms with Crippen LogP contribution in [0.4, 0.5) is 16.2 Å². The van der Waals surface area contributed by atoms with Gasteiger partial charge in [-0.15, -0.1) is 0 Å². The maximum atomic E-state index is 12.3. The van der Waals surface area contributed by atoms with Crippen LogP contribution < -0.4 is 5.32 Å². The van der Waals surface area contributed by atoms with E-state index in [1.807, 2.05) is 0 Å². The third-order valence-corrected chi connectivity index (χ3v) is 4.18. The Morgan fingerprint density at radius 2 is 2.14 bits per heavy atom. The van der Waals surface area contributed by atoms with Crippen LogP contribution in [-0.2, 0) is 0 Å². The van der Waals surface area contributed by atoms with Crippen molar-refractivity contribution in [2.45, 2.75) is 33.3 Å². The molecule has 2 N–H and O–H groups in total. The first-order valence-electron chi connectivity index (χ1n) is 7.29. The van der Waals surface area contributed by atoms with Gasteiger partial charge in [-0.3, -0.25) is 10.1 Å². The van der Waals surface area contributed by atoms with Gasteiger partial charge in [-0.2, -0.15) is 0 Å². The lowest BCUT2D eigenvalue weighted by Gasteiger charge is -2.19. The molecule has 2 rings (SSSR count). The number of amides is 2. The third-order valence-electron chi connectivity index (χ3n) is 4.18. The average molecular weight is 307 g/mol. The maximum absolute atomic E-state index is 12.3. The number of rotatable bonds is 3. The summed E-state index contributed by atoms with van der Waals surface area (Å²) in [6.07, 6.45) is 0.318. The average Bonchev–Trinajstić information content (AvgIpc) is 2.91. The first kappa shape index (κ1) is 16.2. The number of anilines is 1. The Morgan fingerprint density at radius 3 is 2.68 bits per heavy atom. The van der Waals surface area contributed by atoms with Crippen molar-refractivity contribution < 1.29 is 14.8 Å². The molecule has 0 bridgehead atoms. The minimum absolute atomic E-state index is 0.0100. The van der Waals surface area contributed by atoms with Crippen molar-refractivity contribution in [1.82, 2.24) is 4.90 Å². The monoisotopic (exact) mass is 307 g/mol. The summed E-state index contributed by atoms with van der Waals surface area (Å²) in [7, 11) is 0. The van der Waals surface area contributed by atoms with Gasteiger partial charge in [-0.05, 0) is 38.8 Å². The molecule has 1 saturated heterocycles. The minimum atomic E-state index is -0.455. The van der Waals surface area contributed by atoms with Crippen molar-refractivity contribution in [2.75, 3.05) is 18.4 Å². The number of aryl methyl sites for hydroxylation is 2. The molecule has 2 amide bonds. The number of carbonyl (C=O) groups excluding carboxylic acids is 1. The molecule has 1 fully saturated rings. The van der Waals surface area contributed by atoms with E-state index >= 15 is 0 Å². The predicted octanol–water partition coefficient (Wildman–Crippen LogP) is 2.45. The Labute approximate surface area is 129 Å². The van der Waals surface area contributed by atoms with Crippen molar-refractivity contribution in [3.8, 4) is 0 Å². The quantitative estimate of drug-likeness (QED) is 0.662. The fraction of sp³-hybridized carbons (Fsp3) is 0.533. The Hall–Kier alpha value is -2.15. The van der Waals surface area contributed by atoms with Crippen LogP contribution in [0.15, 0.2) is 12.1 Å². The summed E-state index contributed by atoms with van der Waals surface area (Å²) in [5.41, 5.74) is 1.78. The minimum Gasteiger partial charge on any atom is -0.393 e. The van der Waals surface area contributed by atoms with Crippen LogP contribution in [0, 0.1) is 29.9 Å². The van der Waals surface area contributed by atoms with Crippen molar-refractivity contribution in [1.29, 1.82) is 0 Å². The highest BCUT2D eigenvalue weighted by atomic mass is 16.6. The summed E-state index contributed by atoms with van der Waals surface area (Å²) in [5.74, 6) is 0.0826. The number of urea groups is 1. The predicted molar refractivity (Wildman–Crippen MR) is 82.9 cm³/mol. The number of hydrogen-bond donors (Lipinski definition) is 2. The van der Waals surface area contributed by atoms with E-state index in [9.17, 15) is 20.0 Å². The van der Waals surface area contributed by atoms with Crippen LogP contribution in [0.25, 0.3) is 0 Å². The van der Waals surface area contributed by atoms with Gasteiger partial charge in [0.2, 0.25) is 0 Å². The lowest BCUT2D eigenvalue weighted by Crippen LogP contribution is -2.34. The fourth-order valence-electron chi connectivity index (χ4n) is 2.73. The SMILES string of the molecule is Cc1cc(C)c([N+](=O)[O-])cc1NC(=O)N1CC[C@@H]([C@@H](C)O)C1. The van der Waals surface area contributed by atoms with Crippen molar-refractivity contribution in [3.63, 3.8) is 0 Å². The second-order valence-electron chi connectivity index (χ2n) is 5.88. The van der Waals surface area contributed by atoms with Crippen molar-refractivity contribution >= 4 is 17.4 Å². The highest BCUT2D eigenvalue weighted by Gasteiger charge is 2.29. The van der Waals surface area contributed by atoms with Crippen molar-refractivity contribution in [2.24, 2.45) is 5.92 Å². The van der Waals surface area contributed by atoms with E-state index < -0.39 is 11.0 Å². The number of nitro groups is 1. The van der Waals surface area contributed by atoms with Crippen LogP contribution in [0.2, 0.25) is 0 Å². The van der Waals surface area contributed by atoms with Gasteiger partial charge in [0.15, 0.2) is 0 Å². The molecule has 22 heavy (non-hydrogen) atoms. The highest BCUT2D eigenvalue weighted by Crippen LogP contribution is 2.27. The molecular formula is C15H21N3O4. The first-order chi connectivity index (χ1) is 10.3. The fourth-order valence-corrected chi connectivity index (χ4v) is 2.73. The number of nitrogens with zero attached hydrogens (tertiary/aromatic N) is 2. The number of hydrogen-bond acceptors (Lipinski definition) is 4. The van der Waals surface area contributed by atoms with E-state index in [-0.39, 0.29) is 17.6 Å². The Morgan fingerprint density at radius 1 is 1.45 bits per heavy atom. The molecule has 1 heterocycles. The van der Waals surface area contributed by atoms with Gasteiger partial charge in [0.05, 0.1) is 16.7 Å². The summed E-state index contributed by atoms with van der Waals surface area (Å²) >= 11 is 0. The molecule has 0 spiro atoms. The standard InChI is InChI=1S/C15H21N3O4/c1-9-6-10(2)14(18(21)22)7-13(9)16-15(20)17-5-4-12(8-17)11(3)19/h6-7,11-12,19H,4-5,8H2,1-3H3,(H,16,20)/t11-,12-/m1/s1. The van der Waals surface area contributed by atoms with E-state index in [1.54, 1.807) is 31.7 Å². The number of benzene rings is 1. The summed E-state index contributed by atoms with van der Waals surface area (Å²) in [6.45, 7) is 6.27. The number of nitrogens with one attached hydrogen (secondary N) is 1. The van der Waals surface area contributed by atoms with Crippen LogP contribution >= 0.6 is 0 Å². The maximum Gasteiger partial charge on any atom is 0.321 e. The lowest BCUT2D eigenvalue weighted by molar-refractivity contribution is -0.385. The summed E-state index contributed by atoms with van der Waals surface area (Å²) in [4.78, 5) is 24.4. The van der Waals surface area contributed by atoms with Gasteiger partial charge in [0.1, 0.15) is 0 Å². The Kier molecular flexibility index (Phi) is 4.65. The van der Waals surface area contributed by atoms with E-state index in [0.29, 0.717) is 24.3 Å². The zero-order chi connectivity index (χ0) is 16.4. The topological polar surface area (TPSA) is 95.7 Å². The van der Waals surface area contributed by atoms with Gasteiger partial charge < -0.3 is 15.3 Å². The van der Waals surface area contributed by atoms with Crippen molar-refractivity contribution in [3.05, 3.63) is 33.4 Å². The van der Waals surface area contributed by atoms with Crippen LogP contribution in [0.5, 0.6) is 0 Å². The van der Waals surface area contributed by atoms with Gasteiger partial charge in [-0.1, -0.05) is 0 Å². The molecule has 1 aliphatic rings. The van der Waals surface area contributed by atoms with E-state index in [4.69, 9.17) is 0 Å². The molecule has 1 aliphatic heterocycles. The Bertz CT molecular complexity index is 601. The van der Waals surface area contributed by atoms with Crippen LogP contribution in [0.1, 0.15) is 24.5 Å². The summed E-state index contributed by atoms with van der Waals surface area (Å²) in [6, 6.07) is 2.80. The number of aliphatic hydroxyl groups is 1. The molecule has 0 saturated carbocycles. The number of nitro benzene ring substituents is 1. The molecule has 1 aromatic carbocycles. The van der Waals surface area contributed by atoms with E-state index in [2.05, 4.69) is 5.32 Å². The number of carbonyl (C=O) groups is 1. The number of likely N-dealkylation sites (tertiary alicyclic amines) is 1. The van der Waals surface area contributed by atoms with Gasteiger partial charge in [-0.25, -0.2) is 4.79 Å². The molecule has 0 radical (unpaired) electrons.